The average molecular weight is 533 g/mol. The number of aromatic hydroxyl groups is 2. The molecule has 0 aliphatic heterocycles. The van der Waals surface area contributed by atoms with Crippen LogP contribution in [-0.2, 0) is 10.1 Å². The van der Waals surface area contributed by atoms with Crippen LogP contribution in [0.15, 0.2) is 115 Å². The molecule has 4 rings (SSSR count). The second-order valence-electron chi connectivity index (χ2n) is 7.71. The van der Waals surface area contributed by atoms with E-state index in [0.717, 1.165) is 0 Å². The van der Waals surface area contributed by atoms with Crippen molar-refractivity contribution < 1.29 is 23.2 Å². The van der Waals surface area contributed by atoms with Gasteiger partial charge in [-0.15, -0.1) is 12.6 Å². The molecular weight excluding hydrogens is 512 g/mol. The summed E-state index contributed by atoms with van der Waals surface area (Å²) in [6.07, 6.45) is 3.20. The van der Waals surface area contributed by atoms with E-state index in [1.54, 1.807) is 54.6 Å². The first-order valence-corrected chi connectivity index (χ1v) is 12.6. The third kappa shape index (κ3) is 7.10. The Labute approximate surface area is 218 Å². The van der Waals surface area contributed by atoms with Crippen LogP contribution in [0.3, 0.4) is 0 Å². The van der Waals surface area contributed by atoms with Crippen molar-refractivity contribution in [3.63, 3.8) is 0 Å². The van der Waals surface area contributed by atoms with Crippen molar-refractivity contribution in [2.75, 3.05) is 0 Å². The Kier molecular flexibility index (Phi) is 7.77. The van der Waals surface area contributed by atoms with Crippen LogP contribution in [0.25, 0.3) is 12.2 Å². The Bertz CT molecular complexity index is 1620. The molecule has 4 aromatic carbocycles. The Morgan fingerprint density at radius 2 is 1.00 bits per heavy atom. The summed E-state index contributed by atoms with van der Waals surface area (Å²) < 4.78 is 33.8. The number of hydrogen-bond donors (Lipinski definition) is 4. The summed E-state index contributed by atoms with van der Waals surface area (Å²) in [6.45, 7) is 0. The fourth-order valence-corrected chi connectivity index (χ4v) is 4.12. The highest BCUT2D eigenvalue weighted by Crippen LogP contribution is 2.29. The van der Waals surface area contributed by atoms with Gasteiger partial charge < -0.3 is 10.2 Å². The lowest BCUT2D eigenvalue weighted by Gasteiger charge is -2.05. The molecule has 0 radical (unpaired) electrons. The van der Waals surface area contributed by atoms with Gasteiger partial charge >= 0.3 is 0 Å². The van der Waals surface area contributed by atoms with Crippen molar-refractivity contribution in [2.24, 2.45) is 20.5 Å². The molecule has 4 aromatic rings. The molecule has 0 saturated heterocycles. The average Bonchev–Trinajstić information content (AvgIpc) is 2.87. The van der Waals surface area contributed by atoms with Crippen molar-refractivity contribution in [3.05, 3.63) is 96.1 Å². The standard InChI is InChI=1S/C26H20N4O5S2/c31-23-11-7-19(8-12-23)27-29-21-5-3-17(25(36)15-21)1-2-18-4-6-22(16-26(18)37(33,34)35)30-28-20-9-13-24(32)14-10-20/h1-16,31-32,36H,(H,33,34,35)/b2-1-,29-27?,30-28?. The molecule has 37 heavy (non-hydrogen) atoms. The minimum absolute atomic E-state index is 0.0845. The zero-order valence-corrected chi connectivity index (χ0v) is 20.8. The van der Waals surface area contributed by atoms with Crippen LogP contribution in [0.5, 0.6) is 11.5 Å². The fourth-order valence-electron chi connectivity index (χ4n) is 3.13. The smallest absolute Gasteiger partial charge is 0.295 e. The monoisotopic (exact) mass is 532 g/mol. The second-order valence-corrected chi connectivity index (χ2v) is 9.58. The molecule has 0 saturated carbocycles. The van der Waals surface area contributed by atoms with Gasteiger partial charge in [-0.25, -0.2) is 0 Å². The number of phenolic OH excluding ortho intramolecular Hbond substituents is 2. The van der Waals surface area contributed by atoms with Gasteiger partial charge in [-0.05, 0) is 83.9 Å². The summed E-state index contributed by atoms with van der Waals surface area (Å²) in [6, 6.07) is 21.7. The number of nitrogens with zero attached hydrogens (tertiary/aromatic N) is 4. The maximum atomic E-state index is 12.0. The van der Waals surface area contributed by atoms with Crippen molar-refractivity contribution in [2.45, 2.75) is 9.79 Å². The quantitative estimate of drug-likeness (QED) is 0.0837. The molecule has 0 fully saturated rings. The maximum absolute atomic E-state index is 12.0. The predicted molar refractivity (Wildman–Crippen MR) is 143 cm³/mol. The topological polar surface area (TPSA) is 144 Å². The number of thiol groups is 1. The number of azo groups is 2. The Balaban J connectivity index is 1.55. The van der Waals surface area contributed by atoms with Crippen LogP contribution in [0, 0.1) is 0 Å². The van der Waals surface area contributed by atoms with Gasteiger partial charge in [0.2, 0.25) is 0 Å². The van der Waals surface area contributed by atoms with Gasteiger partial charge in [0, 0.05) is 4.90 Å². The summed E-state index contributed by atoms with van der Waals surface area (Å²) >= 11 is 4.48. The van der Waals surface area contributed by atoms with Crippen molar-refractivity contribution in [3.8, 4) is 11.5 Å². The molecule has 3 N–H and O–H groups in total. The molecule has 0 heterocycles. The molecule has 0 amide bonds. The fraction of sp³-hybridized carbons (Fsp3) is 0. The lowest BCUT2D eigenvalue weighted by Crippen LogP contribution is -2.00. The van der Waals surface area contributed by atoms with Crippen LogP contribution in [0.2, 0.25) is 0 Å². The number of benzene rings is 4. The van der Waals surface area contributed by atoms with Crippen LogP contribution >= 0.6 is 12.6 Å². The van der Waals surface area contributed by atoms with Crippen LogP contribution in [0.4, 0.5) is 22.7 Å². The highest BCUT2D eigenvalue weighted by Gasteiger charge is 2.15. The zero-order chi connectivity index (χ0) is 26.4. The van der Waals surface area contributed by atoms with Crippen molar-refractivity contribution >= 4 is 57.6 Å². The Hall–Kier alpha value is -4.32. The lowest BCUT2D eigenvalue weighted by molar-refractivity contribution is 0.475. The van der Waals surface area contributed by atoms with E-state index in [9.17, 15) is 23.2 Å². The van der Waals surface area contributed by atoms with Gasteiger partial charge in [0.25, 0.3) is 10.1 Å². The van der Waals surface area contributed by atoms with Crippen molar-refractivity contribution in [1.82, 2.24) is 0 Å². The van der Waals surface area contributed by atoms with Crippen LogP contribution in [0.1, 0.15) is 11.1 Å². The van der Waals surface area contributed by atoms with Gasteiger partial charge in [-0.2, -0.15) is 28.9 Å². The maximum Gasteiger partial charge on any atom is 0.295 e. The third-order valence-corrected chi connectivity index (χ3v) is 6.29. The highest BCUT2D eigenvalue weighted by atomic mass is 32.2. The van der Waals surface area contributed by atoms with E-state index >= 15 is 0 Å². The zero-order valence-electron chi connectivity index (χ0n) is 19.0. The second kappa shape index (κ2) is 11.2. The van der Waals surface area contributed by atoms with E-state index in [2.05, 4.69) is 33.1 Å². The van der Waals surface area contributed by atoms with Gasteiger partial charge in [0.15, 0.2) is 0 Å². The minimum atomic E-state index is -4.55. The van der Waals surface area contributed by atoms with E-state index in [1.807, 2.05) is 0 Å². The molecule has 0 atom stereocenters. The summed E-state index contributed by atoms with van der Waals surface area (Å²) in [5.74, 6) is 0.222. The first-order chi connectivity index (χ1) is 17.7. The lowest BCUT2D eigenvalue weighted by atomic mass is 10.1. The first kappa shape index (κ1) is 25.8. The normalized spacial score (nSPS) is 12.2. The van der Waals surface area contributed by atoms with Gasteiger partial charge in [-0.1, -0.05) is 24.3 Å². The predicted octanol–water partition coefficient (Wildman–Crippen LogP) is 7.63. The van der Waals surface area contributed by atoms with Crippen LogP contribution < -0.4 is 0 Å². The molecule has 0 aliphatic rings. The van der Waals surface area contributed by atoms with E-state index < -0.39 is 10.1 Å². The largest absolute Gasteiger partial charge is 0.508 e. The molecule has 0 unspecified atom stereocenters. The minimum Gasteiger partial charge on any atom is -0.508 e. The summed E-state index contributed by atoms with van der Waals surface area (Å²) in [5.41, 5.74) is 2.74. The third-order valence-electron chi connectivity index (χ3n) is 4.99. The molecule has 0 aromatic heterocycles. The molecule has 0 bridgehead atoms. The van der Waals surface area contributed by atoms with E-state index in [-0.39, 0.29) is 27.6 Å². The van der Waals surface area contributed by atoms with Gasteiger partial charge in [-0.3, -0.25) is 4.55 Å². The highest BCUT2D eigenvalue weighted by molar-refractivity contribution is 7.86. The van der Waals surface area contributed by atoms with Crippen LogP contribution in [-0.4, -0.2) is 23.2 Å². The first-order valence-electron chi connectivity index (χ1n) is 10.7. The van der Waals surface area contributed by atoms with Crippen molar-refractivity contribution in [1.29, 1.82) is 0 Å². The van der Waals surface area contributed by atoms with Gasteiger partial charge in [0.1, 0.15) is 16.4 Å². The number of hydrogen-bond acceptors (Lipinski definition) is 9. The SMILES string of the molecule is O=S(=O)(O)c1cc(N=Nc2ccc(O)cc2)ccc1/C=C\c1ccc(N=Nc2ccc(O)cc2)cc1S. The Morgan fingerprint density at radius 3 is 1.49 bits per heavy atom. The molecule has 0 spiro atoms. The molecule has 186 valence electrons. The molecule has 9 nitrogen and oxygen atoms in total. The molecular formula is C26H20N4O5S2. The van der Waals surface area contributed by atoms with Gasteiger partial charge in [0.05, 0.1) is 22.7 Å². The molecule has 0 aliphatic carbocycles. The number of phenols is 2. The summed E-state index contributed by atoms with van der Waals surface area (Å²) in [4.78, 5) is 0.247. The Morgan fingerprint density at radius 1 is 0.595 bits per heavy atom. The molecule has 11 heteroatoms. The van der Waals surface area contributed by atoms with E-state index in [0.29, 0.717) is 27.5 Å². The van der Waals surface area contributed by atoms with E-state index in [4.69, 9.17) is 0 Å². The summed E-state index contributed by atoms with van der Waals surface area (Å²) in [7, 11) is -4.55. The summed E-state index contributed by atoms with van der Waals surface area (Å²) in [5, 5.41) is 35.0. The number of rotatable bonds is 7. The van der Waals surface area contributed by atoms with E-state index in [1.165, 1.54) is 42.5 Å².